The number of imidazole rings is 1. The Balaban J connectivity index is 1.16. The summed E-state index contributed by atoms with van der Waals surface area (Å²) in [5.74, 6) is 2.37. The van der Waals surface area contributed by atoms with Crippen LogP contribution in [0, 0.1) is 11.8 Å². The lowest BCUT2D eigenvalue weighted by molar-refractivity contribution is 0.0700. The highest BCUT2D eigenvalue weighted by Crippen LogP contribution is 2.40. The Hall–Kier alpha value is -4.96. The zero-order chi connectivity index (χ0) is 31.3. The van der Waals surface area contributed by atoms with Crippen LogP contribution in [0.3, 0.4) is 0 Å². The summed E-state index contributed by atoms with van der Waals surface area (Å²) >= 11 is 0. The van der Waals surface area contributed by atoms with Crippen LogP contribution in [-0.2, 0) is 13.6 Å². The third-order valence-electron chi connectivity index (χ3n) is 10.5. The lowest BCUT2D eigenvalue weighted by Gasteiger charge is -2.27. The molecule has 3 aliphatic rings. The minimum absolute atomic E-state index is 0.00897. The molecule has 10 heteroatoms. The molecule has 2 aliphatic carbocycles. The van der Waals surface area contributed by atoms with Gasteiger partial charge in [-0.2, -0.15) is 0 Å². The molecular formula is C36H35N7O3. The smallest absolute Gasteiger partial charge is 0.254 e. The van der Waals surface area contributed by atoms with E-state index in [1.54, 1.807) is 19.4 Å². The molecule has 2 saturated carbocycles. The van der Waals surface area contributed by atoms with Gasteiger partial charge in [0.25, 0.3) is 5.91 Å². The van der Waals surface area contributed by atoms with Gasteiger partial charge in [-0.25, -0.2) is 9.97 Å². The van der Waals surface area contributed by atoms with E-state index >= 15 is 0 Å². The van der Waals surface area contributed by atoms with E-state index in [4.69, 9.17) is 20.4 Å². The van der Waals surface area contributed by atoms with Crippen LogP contribution in [0.1, 0.15) is 36.0 Å². The number of ether oxygens (including phenoxy) is 1. The Bertz CT molecular complexity index is 2280. The first kappa shape index (κ1) is 27.4. The fraction of sp³-hybridized carbons (Fsp3) is 0.333. The van der Waals surface area contributed by atoms with Crippen LogP contribution in [0.25, 0.3) is 55.7 Å². The standard InChI is InChI=1S/C36H35N7O3/c1-41-33-27(14-23(16-31(33)46-2)36(45)43-18-22-7-10-28(43)32(22)37)40-35(41)29-15-21-6-8-25(39-34(21)42(29)17-19-3-4-19)20-5-9-26-24(13-20)30(44)11-12-38-26/h5-6,8-9,11-16,19,22,28,32H,3-4,7,10,17-18,37H2,1-2H3,(H,38,44)/t22?,28?,32-/m1/s1. The molecule has 4 aromatic heterocycles. The molecule has 0 spiro atoms. The second kappa shape index (κ2) is 10.0. The SMILES string of the molecule is COc1cc(C(=O)N2CC3CCC2[C@@H]3N)cc2nc(-c3cc4ccc(-c5ccc6[nH]ccc(=O)c6c5)nc4n3CC3CC3)n(C)c12. The summed E-state index contributed by atoms with van der Waals surface area (Å²) < 4.78 is 10.2. The molecule has 9 rings (SSSR count). The molecule has 2 aromatic carbocycles. The van der Waals surface area contributed by atoms with Crippen molar-refractivity contribution in [3.63, 3.8) is 0 Å². The number of pyridine rings is 2. The largest absolute Gasteiger partial charge is 0.494 e. The number of likely N-dealkylation sites (tertiary alicyclic amines) is 1. The number of nitrogens with zero attached hydrogens (tertiary/aromatic N) is 5. The molecule has 232 valence electrons. The van der Waals surface area contributed by atoms with Crippen molar-refractivity contribution >= 4 is 38.9 Å². The number of H-pyrrole nitrogens is 1. The van der Waals surface area contributed by atoms with Crippen molar-refractivity contribution in [2.24, 2.45) is 24.6 Å². The number of aryl methyl sites for hydroxylation is 1. The molecule has 2 bridgehead atoms. The predicted octanol–water partition coefficient (Wildman–Crippen LogP) is 5.08. The van der Waals surface area contributed by atoms with Crippen LogP contribution in [0.4, 0.5) is 0 Å². The van der Waals surface area contributed by atoms with Gasteiger partial charge in [-0.3, -0.25) is 9.59 Å². The molecule has 3 atom stereocenters. The van der Waals surface area contributed by atoms with Crippen LogP contribution >= 0.6 is 0 Å². The molecule has 1 aliphatic heterocycles. The molecule has 1 amide bonds. The first-order chi connectivity index (χ1) is 22.4. The fourth-order valence-corrected chi connectivity index (χ4v) is 7.81. The van der Waals surface area contributed by atoms with Crippen molar-refractivity contribution < 1.29 is 9.53 Å². The van der Waals surface area contributed by atoms with Gasteiger partial charge in [0.15, 0.2) is 11.3 Å². The van der Waals surface area contributed by atoms with Crippen molar-refractivity contribution in [2.45, 2.75) is 44.3 Å². The quantitative estimate of drug-likeness (QED) is 0.270. The zero-order valence-electron chi connectivity index (χ0n) is 25.9. The molecule has 1 saturated heterocycles. The van der Waals surface area contributed by atoms with Crippen LogP contribution in [0.15, 0.2) is 65.6 Å². The van der Waals surface area contributed by atoms with Gasteiger partial charge in [0.1, 0.15) is 16.9 Å². The molecule has 3 fully saturated rings. The number of carbonyl (C=O) groups is 1. The number of nitrogens with one attached hydrogen (secondary N) is 1. The lowest BCUT2D eigenvalue weighted by Crippen LogP contribution is -2.41. The van der Waals surface area contributed by atoms with Crippen molar-refractivity contribution in [1.82, 2.24) is 29.0 Å². The van der Waals surface area contributed by atoms with Gasteiger partial charge in [0, 0.05) is 71.9 Å². The Labute approximate surface area is 264 Å². The summed E-state index contributed by atoms with van der Waals surface area (Å²) in [4.78, 5) is 41.7. The highest BCUT2D eigenvalue weighted by Gasteiger charge is 2.47. The van der Waals surface area contributed by atoms with Crippen molar-refractivity contribution in [1.29, 1.82) is 0 Å². The van der Waals surface area contributed by atoms with E-state index in [-0.39, 0.29) is 23.4 Å². The first-order valence-corrected chi connectivity index (χ1v) is 16.1. The number of piperidine rings is 1. The normalized spacial score (nSPS) is 20.8. The maximum absolute atomic E-state index is 13.7. The van der Waals surface area contributed by atoms with Crippen LogP contribution < -0.4 is 15.9 Å². The molecule has 2 unspecified atom stereocenters. The number of hydrogen-bond donors (Lipinski definition) is 2. The Morgan fingerprint density at radius 1 is 1.04 bits per heavy atom. The van der Waals surface area contributed by atoms with Gasteiger partial charge in [-0.05, 0) is 80.0 Å². The number of hydrogen-bond acceptors (Lipinski definition) is 6. The maximum atomic E-state index is 13.7. The van der Waals surface area contributed by atoms with Crippen LogP contribution in [0.2, 0.25) is 0 Å². The Morgan fingerprint density at radius 2 is 1.91 bits per heavy atom. The summed E-state index contributed by atoms with van der Waals surface area (Å²) in [6.07, 6.45) is 6.11. The van der Waals surface area contributed by atoms with E-state index in [9.17, 15) is 9.59 Å². The second-order valence-electron chi connectivity index (χ2n) is 13.3. The van der Waals surface area contributed by atoms with Gasteiger partial charge in [-0.15, -0.1) is 0 Å². The minimum atomic E-state index is -0.0190. The average molecular weight is 614 g/mol. The zero-order valence-corrected chi connectivity index (χ0v) is 25.9. The summed E-state index contributed by atoms with van der Waals surface area (Å²) in [5, 5.41) is 1.66. The fourth-order valence-electron chi connectivity index (χ4n) is 7.81. The number of aromatic nitrogens is 5. The molecule has 10 nitrogen and oxygen atoms in total. The minimum Gasteiger partial charge on any atom is -0.494 e. The van der Waals surface area contributed by atoms with E-state index in [1.165, 1.54) is 12.8 Å². The Kier molecular flexibility index (Phi) is 5.96. The van der Waals surface area contributed by atoms with Crippen LogP contribution in [-0.4, -0.2) is 60.6 Å². The maximum Gasteiger partial charge on any atom is 0.254 e. The predicted molar refractivity (Wildman–Crippen MR) is 178 cm³/mol. The highest BCUT2D eigenvalue weighted by molar-refractivity contribution is 6.00. The number of methoxy groups -OCH3 is 1. The van der Waals surface area contributed by atoms with Gasteiger partial charge in [0.2, 0.25) is 0 Å². The summed E-state index contributed by atoms with van der Waals surface area (Å²) in [6, 6.07) is 17.6. The number of amides is 1. The second-order valence-corrected chi connectivity index (χ2v) is 13.3. The van der Waals surface area contributed by atoms with Crippen molar-refractivity contribution in [3.05, 3.63) is 76.6 Å². The molecule has 46 heavy (non-hydrogen) atoms. The molecule has 5 heterocycles. The number of carbonyl (C=O) groups excluding carboxylic acids is 1. The van der Waals surface area contributed by atoms with Crippen molar-refractivity contribution in [3.8, 4) is 28.5 Å². The summed E-state index contributed by atoms with van der Waals surface area (Å²) in [7, 11) is 3.64. The van der Waals surface area contributed by atoms with Gasteiger partial charge < -0.3 is 29.5 Å². The third-order valence-corrected chi connectivity index (χ3v) is 10.5. The van der Waals surface area contributed by atoms with Gasteiger partial charge >= 0.3 is 0 Å². The molecule has 3 N–H and O–H groups in total. The highest BCUT2D eigenvalue weighted by atomic mass is 16.5. The van der Waals surface area contributed by atoms with Gasteiger partial charge in [0.05, 0.1) is 24.0 Å². The molecule has 0 radical (unpaired) electrons. The number of aromatic amines is 1. The van der Waals surface area contributed by atoms with E-state index in [0.29, 0.717) is 40.6 Å². The number of benzene rings is 2. The number of fused-ring (bicyclic) bond motifs is 5. The van der Waals surface area contributed by atoms with E-state index in [1.807, 2.05) is 48.3 Å². The third kappa shape index (κ3) is 4.12. The van der Waals surface area contributed by atoms with E-state index in [2.05, 4.69) is 26.3 Å². The topological polar surface area (TPSA) is 124 Å². The lowest BCUT2D eigenvalue weighted by atomic mass is 10.1. The summed E-state index contributed by atoms with van der Waals surface area (Å²) in [5.41, 5.74) is 12.9. The van der Waals surface area contributed by atoms with Crippen LogP contribution in [0.5, 0.6) is 5.75 Å². The van der Waals surface area contributed by atoms with Crippen molar-refractivity contribution in [2.75, 3.05) is 13.7 Å². The first-order valence-electron chi connectivity index (χ1n) is 16.1. The Morgan fingerprint density at radius 3 is 2.67 bits per heavy atom. The van der Waals surface area contributed by atoms with E-state index < -0.39 is 0 Å². The number of nitrogens with two attached hydrogens (primary N) is 1. The van der Waals surface area contributed by atoms with Gasteiger partial charge in [-0.1, -0.05) is 6.07 Å². The monoisotopic (exact) mass is 613 g/mol. The number of rotatable bonds is 6. The average Bonchev–Trinajstić information content (AvgIpc) is 3.48. The van der Waals surface area contributed by atoms with E-state index in [0.717, 1.165) is 64.2 Å². The molecular weight excluding hydrogens is 578 g/mol. The summed E-state index contributed by atoms with van der Waals surface area (Å²) in [6.45, 7) is 1.55. The molecule has 6 aromatic rings.